The first-order valence-electron chi connectivity index (χ1n) is 7.00. The summed E-state index contributed by atoms with van der Waals surface area (Å²) in [7, 11) is 0. The molecule has 1 aliphatic rings. The van der Waals surface area contributed by atoms with Crippen molar-refractivity contribution in [2.75, 3.05) is 0 Å². The van der Waals surface area contributed by atoms with E-state index in [0.717, 1.165) is 25.7 Å². The van der Waals surface area contributed by atoms with Gasteiger partial charge in [-0.2, -0.15) is 0 Å². The standard InChI is InChI=1S/C18H18O/c19-18-8-4-7-17(13-18)16-11-9-15(10-12-16)14-5-2-1-3-6-14/h1-3,5-6,9-12,17H,4,7-8,13H2/t17-/m0/s1. The Balaban J connectivity index is 1.81. The lowest BCUT2D eigenvalue weighted by Gasteiger charge is -2.21. The quantitative estimate of drug-likeness (QED) is 0.762. The van der Waals surface area contributed by atoms with Crippen LogP contribution in [0.2, 0.25) is 0 Å². The molecule has 2 aromatic rings. The van der Waals surface area contributed by atoms with Crippen molar-refractivity contribution < 1.29 is 4.79 Å². The molecule has 0 radical (unpaired) electrons. The molecule has 0 unspecified atom stereocenters. The van der Waals surface area contributed by atoms with Gasteiger partial charge in [0.25, 0.3) is 0 Å². The van der Waals surface area contributed by atoms with E-state index in [4.69, 9.17) is 0 Å². The van der Waals surface area contributed by atoms with Gasteiger partial charge in [-0.1, -0.05) is 54.6 Å². The van der Waals surface area contributed by atoms with E-state index in [0.29, 0.717) is 11.7 Å². The van der Waals surface area contributed by atoms with Gasteiger partial charge in [-0.15, -0.1) is 0 Å². The molecule has 0 saturated heterocycles. The van der Waals surface area contributed by atoms with Gasteiger partial charge in [-0.3, -0.25) is 4.79 Å². The first-order chi connectivity index (χ1) is 9.33. The monoisotopic (exact) mass is 250 g/mol. The van der Waals surface area contributed by atoms with E-state index >= 15 is 0 Å². The van der Waals surface area contributed by atoms with Gasteiger partial charge in [0, 0.05) is 12.8 Å². The largest absolute Gasteiger partial charge is 0.300 e. The van der Waals surface area contributed by atoms with Gasteiger partial charge in [-0.25, -0.2) is 0 Å². The van der Waals surface area contributed by atoms with E-state index < -0.39 is 0 Å². The summed E-state index contributed by atoms with van der Waals surface area (Å²) in [5.41, 5.74) is 3.80. The van der Waals surface area contributed by atoms with Crippen LogP contribution in [0.5, 0.6) is 0 Å². The summed E-state index contributed by atoms with van der Waals surface area (Å²) in [4.78, 5) is 11.5. The summed E-state index contributed by atoms with van der Waals surface area (Å²) in [5.74, 6) is 0.856. The maximum Gasteiger partial charge on any atom is 0.133 e. The van der Waals surface area contributed by atoms with Crippen LogP contribution in [0, 0.1) is 0 Å². The first kappa shape index (κ1) is 12.2. The van der Waals surface area contributed by atoms with E-state index in [1.165, 1.54) is 16.7 Å². The molecule has 0 spiro atoms. The molecule has 1 fully saturated rings. The maximum atomic E-state index is 11.5. The molecule has 1 atom stereocenters. The Morgan fingerprint density at radius 2 is 1.53 bits per heavy atom. The number of rotatable bonds is 2. The van der Waals surface area contributed by atoms with Crippen LogP contribution in [-0.4, -0.2) is 5.78 Å². The van der Waals surface area contributed by atoms with Gasteiger partial charge in [0.1, 0.15) is 5.78 Å². The third-order valence-corrected chi connectivity index (χ3v) is 3.97. The molecule has 1 aliphatic carbocycles. The normalized spacial score (nSPS) is 19.4. The summed E-state index contributed by atoms with van der Waals surface area (Å²) in [6, 6.07) is 19.1. The first-order valence-corrected chi connectivity index (χ1v) is 7.00. The number of hydrogen-bond donors (Lipinski definition) is 0. The molecule has 3 rings (SSSR count). The minimum absolute atomic E-state index is 0.420. The lowest BCUT2D eigenvalue weighted by atomic mass is 9.83. The van der Waals surface area contributed by atoms with Crippen LogP contribution in [0.1, 0.15) is 37.2 Å². The second-order valence-electron chi connectivity index (χ2n) is 5.32. The van der Waals surface area contributed by atoms with Crippen LogP contribution in [-0.2, 0) is 4.79 Å². The second kappa shape index (κ2) is 5.40. The van der Waals surface area contributed by atoms with Crippen molar-refractivity contribution >= 4 is 5.78 Å². The van der Waals surface area contributed by atoms with Crippen molar-refractivity contribution in [3.05, 3.63) is 60.2 Å². The van der Waals surface area contributed by atoms with Crippen molar-refractivity contribution in [3.63, 3.8) is 0 Å². The smallest absolute Gasteiger partial charge is 0.133 e. The lowest BCUT2D eigenvalue weighted by molar-refractivity contribution is -0.120. The van der Waals surface area contributed by atoms with Crippen molar-refractivity contribution in [2.45, 2.75) is 31.6 Å². The zero-order chi connectivity index (χ0) is 13.1. The molecule has 1 heteroatoms. The summed E-state index contributed by atoms with van der Waals surface area (Å²) in [5, 5.41) is 0. The molecule has 96 valence electrons. The van der Waals surface area contributed by atoms with Crippen LogP contribution >= 0.6 is 0 Å². The third-order valence-electron chi connectivity index (χ3n) is 3.97. The Morgan fingerprint density at radius 1 is 0.842 bits per heavy atom. The van der Waals surface area contributed by atoms with Crippen LogP contribution in [0.25, 0.3) is 11.1 Å². The molecular weight excluding hydrogens is 232 g/mol. The zero-order valence-electron chi connectivity index (χ0n) is 11.0. The fraction of sp³-hybridized carbons (Fsp3) is 0.278. The molecule has 0 heterocycles. The van der Waals surface area contributed by atoms with Crippen molar-refractivity contribution in [3.8, 4) is 11.1 Å². The lowest BCUT2D eigenvalue weighted by Crippen LogP contribution is -2.13. The van der Waals surface area contributed by atoms with Gasteiger partial charge in [0.05, 0.1) is 0 Å². The Labute approximate surface area is 114 Å². The average Bonchev–Trinajstić information content (AvgIpc) is 2.48. The minimum Gasteiger partial charge on any atom is -0.300 e. The highest BCUT2D eigenvalue weighted by molar-refractivity contribution is 5.80. The fourth-order valence-corrected chi connectivity index (χ4v) is 2.89. The van der Waals surface area contributed by atoms with Crippen LogP contribution < -0.4 is 0 Å². The molecule has 0 N–H and O–H groups in total. The predicted molar refractivity (Wildman–Crippen MR) is 78.1 cm³/mol. The Hall–Kier alpha value is -1.89. The molecule has 0 aliphatic heterocycles. The second-order valence-corrected chi connectivity index (χ2v) is 5.32. The molecule has 1 saturated carbocycles. The molecular formula is C18H18O. The maximum absolute atomic E-state index is 11.5. The van der Waals surface area contributed by atoms with Gasteiger partial charge < -0.3 is 0 Å². The fourth-order valence-electron chi connectivity index (χ4n) is 2.89. The van der Waals surface area contributed by atoms with Crippen molar-refractivity contribution in [1.29, 1.82) is 0 Å². The summed E-state index contributed by atoms with van der Waals surface area (Å²) in [6.07, 6.45) is 3.70. The molecule has 0 bridgehead atoms. The number of carbonyl (C=O) groups is 1. The van der Waals surface area contributed by atoms with E-state index in [2.05, 4.69) is 48.5 Å². The van der Waals surface area contributed by atoms with E-state index in [1.54, 1.807) is 0 Å². The average molecular weight is 250 g/mol. The number of hydrogen-bond acceptors (Lipinski definition) is 1. The Bertz CT molecular complexity index is 554. The van der Waals surface area contributed by atoms with Crippen LogP contribution in [0.15, 0.2) is 54.6 Å². The molecule has 2 aromatic carbocycles. The summed E-state index contributed by atoms with van der Waals surface area (Å²) < 4.78 is 0. The van der Waals surface area contributed by atoms with Crippen molar-refractivity contribution in [2.24, 2.45) is 0 Å². The minimum atomic E-state index is 0.420. The zero-order valence-corrected chi connectivity index (χ0v) is 11.0. The van der Waals surface area contributed by atoms with Crippen LogP contribution in [0.4, 0.5) is 0 Å². The highest BCUT2D eigenvalue weighted by Gasteiger charge is 2.20. The Kier molecular flexibility index (Phi) is 3.45. The van der Waals surface area contributed by atoms with E-state index in [1.807, 2.05) is 6.07 Å². The molecule has 0 amide bonds. The highest BCUT2D eigenvalue weighted by Crippen LogP contribution is 2.32. The summed E-state index contributed by atoms with van der Waals surface area (Å²) in [6.45, 7) is 0. The van der Waals surface area contributed by atoms with E-state index in [-0.39, 0.29) is 0 Å². The van der Waals surface area contributed by atoms with E-state index in [9.17, 15) is 4.79 Å². The highest BCUT2D eigenvalue weighted by atomic mass is 16.1. The predicted octanol–water partition coefficient (Wildman–Crippen LogP) is 4.58. The van der Waals surface area contributed by atoms with Gasteiger partial charge in [-0.05, 0) is 35.4 Å². The molecule has 19 heavy (non-hydrogen) atoms. The molecule has 1 nitrogen and oxygen atoms in total. The van der Waals surface area contributed by atoms with Gasteiger partial charge in [0.15, 0.2) is 0 Å². The van der Waals surface area contributed by atoms with Crippen molar-refractivity contribution in [1.82, 2.24) is 0 Å². The number of ketones is 1. The summed E-state index contributed by atoms with van der Waals surface area (Å²) >= 11 is 0. The Morgan fingerprint density at radius 3 is 2.21 bits per heavy atom. The van der Waals surface area contributed by atoms with Gasteiger partial charge >= 0.3 is 0 Å². The topological polar surface area (TPSA) is 17.1 Å². The van der Waals surface area contributed by atoms with Crippen LogP contribution in [0.3, 0.4) is 0 Å². The third kappa shape index (κ3) is 2.76. The SMILES string of the molecule is O=C1CCC[C@H](c2ccc(-c3ccccc3)cc2)C1. The number of benzene rings is 2. The number of Topliss-reactive ketones (excluding diaryl/α,β-unsaturated/α-hetero) is 1. The molecule has 0 aromatic heterocycles. The van der Waals surface area contributed by atoms with Gasteiger partial charge in [0.2, 0.25) is 0 Å². The number of carbonyl (C=O) groups excluding carboxylic acids is 1.